The molecular formula is C29H26Cl2N2O6S. The molecule has 1 aromatic heterocycles. The smallest absolute Gasteiger partial charge is 0.253 e. The zero-order valence-corrected chi connectivity index (χ0v) is 24.0. The zero-order valence-electron chi connectivity index (χ0n) is 21.7. The lowest BCUT2D eigenvalue weighted by molar-refractivity contribution is -0.141. The van der Waals surface area contributed by atoms with Gasteiger partial charge in [0.2, 0.25) is 11.8 Å². The summed E-state index contributed by atoms with van der Waals surface area (Å²) in [7, 11) is 2.80. The van der Waals surface area contributed by atoms with Gasteiger partial charge in [-0.15, -0.1) is 34.5 Å². The van der Waals surface area contributed by atoms with E-state index in [9.17, 15) is 24.3 Å². The molecule has 208 valence electrons. The van der Waals surface area contributed by atoms with Crippen molar-refractivity contribution in [2.24, 2.45) is 23.7 Å². The summed E-state index contributed by atoms with van der Waals surface area (Å²) in [5, 5.41) is 11.9. The quantitative estimate of drug-likeness (QED) is 0.313. The van der Waals surface area contributed by atoms with E-state index in [-0.39, 0.29) is 36.3 Å². The average molecular weight is 602 g/mol. The van der Waals surface area contributed by atoms with Gasteiger partial charge in [0, 0.05) is 17.8 Å². The number of thiophene rings is 1. The summed E-state index contributed by atoms with van der Waals surface area (Å²) in [6.45, 7) is 0.196. The van der Waals surface area contributed by atoms with E-state index in [4.69, 9.17) is 27.9 Å². The maximum atomic E-state index is 13.8. The van der Waals surface area contributed by atoms with Crippen LogP contribution in [0.25, 0.3) is 6.08 Å². The van der Waals surface area contributed by atoms with Gasteiger partial charge in [0.25, 0.3) is 11.8 Å². The number of carbonyl (C=O) groups is 4. The van der Waals surface area contributed by atoms with Crippen LogP contribution in [0.4, 0.5) is 0 Å². The number of aromatic hydroxyl groups is 1. The van der Waals surface area contributed by atoms with Crippen LogP contribution in [0.5, 0.6) is 11.5 Å². The van der Waals surface area contributed by atoms with E-state index in [2.05, 4.69) is 0 Å². The highest BCUT2D eigenvalue weighted by atomic mass is 35.5. The first-order valence-corrected chi connectivity index (χ1v) is 14.5. The lowest BCUT2D eigenvalue weighted by Crippen LogP contribution is -2.60. The van der Waals surface area contributed by atoms with E-state index in [1.54, 1.807) is 24.3 Å². The molecule has 11 heteroatoms. The number of methoxy groups -OCH3 is 1. The van der Waals surface area contributed by atoms with Crippen LogP contribution in [0.1, 0.15) is 23.3 Å². The lowest BCUT2D eigenvalue weighted by Gasteiger charge is -2.49. The van der Waals surface area contributed by atoms with Crippen LogP contribution >= 0.6 is 34.5 Å². The molecule has 40 heavy (non-hydrogen) atoms. The Labute approximate surface area is 244 Å². The highest BCUT2D eigenvalue weighted by Crippen LogP contribution is 2.63. The minimum absolute atomic E-state index is 0.0262. The van der Waals surface area contributed by atoms with E-state index in [0.717, 1.165) is 15.4 Å². The Morgan fingerprint density at radius 2 is 1.90 bits per heavy atom. The molecule has 1 aromatic carbocycles. The summed E-state index contributed by atoms with van der Waals surface area (Å²) in [5.41, 5.74) is 1.39. The van der Waals surface area contributed by atoms with Gasteiger partial charge in [0.15, 0.2) is 21.2 Å². The summed E-state index contributed by atoms with van der Waals surface area (Å²) in [6.07, 6.45) is 5.63. The normalized spacial score (nSPS) is 33.4. The van der Waals surface area contributed by atoms with Crippen molar-refractivity contribution in [2.75, 3.05) is 14.2 Å². The van der Waals surface area contributed by atoms with E-state index < -0.39 is 45.2 Å². The SMILES string of the molecule is COc1cc(C=CC2C3=CCC4C(=O)N(Cc5cccs5)C(=O)C4C3CC3(Cl)C(=O)N(C)C(=O)C23Cl)ccc1O. The molecule has 6 atom stereocenters. The number of fused-ring (bicyclic) bond motifs is 4. The maximum Gasteiger partial charge on any atom is 0.253 e. The number of benzene rings is 1. The molecule has 1 N–H and O–H groups in total. The number of phenolic OH excluding ortho intramolecular Hbond substituents is 1. The molecule has 6 rings (SSSR count). The number of ether oxygens (including phenoxy) is 1. The second-order valence-corrected chi connectivity index (χ2v) is 12.9. The van der Waals surface area contributed by atoms with Gasteiger partial charge in [0.1, 0.15) is 0 Å². The van der Waals surface area contributed by atoms with Crippen molar-refractivity contribution in [3.63, 3.8) is 0 Å². The molecule has 8 nitrogen and oxygen atoms in total. The molecule has 0 bridgehead atoms. The van der Waals surface area contributed by atoms with Crippen LogP contribution in [0.2, 0.25) is 0 Å². The molecule has 4 aliphatic rings. The topological polar surface area (TPSA) is 104 Å². The number of hydrogen-bond donors (Lipinski definition) is 1. The molecular weight excluding hydrogens is 575 g/mol. The number of hydrogen-bond acceptors (Lipinski definition) is 7. The third-order valence-corrected chi connectivity index (χ3v) is 11.0. The van der Waals surface area contributed by atoms with E-state index in [1.165, 1.54) is 36.5 Å². The standard InChI is InChI=1S/C29H26Cl2N2O6S/c1-32-26(37)28(30)13-19-17(7-8-18-23(19)25(36)33(24(18)35)14-16-4-3-11-40-16)20(29(28,31)27(32)38)9-5-15-6-10-21(34)22(12-15)39-2/h3-7,9-12,18-20,23,34H,8,13-14H2,1-2H3. The number of imide groups is 2. The summed E-state index contributed by atoms with van der Waals surface area (Å²) in [6, 6.07) is 8.53. The molecule has 3 fully saturated rings. The highest BCUT2D eigenvalue weighted by molar-refractivity contribution is 7.09. The van der Waals surface area contributed by atoms with Crippen LogP contribution in [0.15, 0.2) is 53.4 Å². The summed E-state index contributed by atoms with van der Waals surface area (Å²) < 4.78 is 5.21. The number of likely N-dealkylation sites (tertiary alicyclic amines) is 2. The molecule has 3 heterocycles. The largest absolute Gasteiger partial charge is 0.504 e. The van der Waals surface area contributed by atoms with Gasteiger partial charge in [-0.1, -0.05) is 35.9 Å². The first-order chi connectivity index (χ1) is 19.0. The average Bonchev–Trinajstić information content (AvgIpc) is 3.58. The lowest BCUT2D eigenvalue weighted by atomic mass is 9.57. The predicted octanol–water partition coefficient (Wildman–Crippen LogP) is 4.20. The number of alkyl halides is 2. The van der Waals surface area contributed by atoms with Crippen LogP contribution in [0, 0.1) is 23.7 Å². The Morgan fingerprint density at radius 1 is 1.12 bits per heavy atom. The molecule has 0 radical (unpaired) electrons. The van der Waals surface area contributed by atoms with Gasteiger partial charge >= 0.3 is 0 Å². The number of rotatable bonds is 5. The van der Waals surface area contributed by atoms with Gasteiger partial charge in [-0.3, -0.25) is 29.0 Å². The molecule has 4 amide bonds. The fourth-order valence-electron chi connectivity index (χ4n) is 6.78. The summed E-state index contributed by atoms with van der Waals surface area (Å²) in [4.78, 5) is 53.7. The molecule has 6 unspecified atom stereocenters. The molecule has 1 saturated carbocycles. The van der Waals surface area contributed by atoms with Crippen molar-refractivity contribution in [1.82, 2.24) is 9.80 Å². The number of nitrogens with zero attached hydrogens (tertiary/aromatic N) is 2. The van der Waals surface area contributed by atoms with E-state index in [1.807, 2.05) is 23.6 Å². The third-order valence-electron chi connectivity index (χ3n) is 8.74. The maximum absolute atomic E-state index is 13.8. The summed E-state index contributed by atoms with van der Waals surface area (Å²) in [5.74, 6) is -4.18. The van der Waals surface area contributed by atoms with Crippen molar-refractivity contribution < 1.29 is 29.0 Å². The Kier molecular flexibility index (Phi) is 6.40. The van der Waals surface area contributed by atoms with Crippen molar-refractivity contribution >= 4 is 64.2 Å². The fourth-order valence-corrected chi connectivity index (χ4v) is 8.44. The second-order valence-electron chi connectivity index (χ2n) is 10.7. The predicted molar refractivity (Wildman–Crippen MR) is 150 cm³/mol. The van der Waals surface area contributed by atoms with Gasteiger partial charge in [0.05, 0.1) is 25.5 Å². The second kappa shape index (κ2) is 9.46. The Morgan fingerprint density at radius 3 is 2.60 bits per heavy atom. The number of phenols is 1. The van der Waals surface area contributed by atoms with Crippen molar-refractivity contribution in [3.05, 3.63) is 63.9 Å². The number of amides is 4. The van der Waals surface area contributed by atoms with Gasteiger partial charge in [-0.05, 0) is 47.9 Å². The van der Waals surface area contributed by atoms with Gasteiger partial charge in [-0.2, -0.15) is 0 Å². The van der Waals surface area contributed by atoms with Gasteiger partial charge < -0.3 is 9.84 Å². The van der Waals surface area contributed by atoms with Crippen LogP contribution in [-0.4, -0.2) is 62.4 Å². The highest BCUT2D eigenvalue weighted by Gasteiger charge is 2.75. The molecule has 2 aromatic rings. The first kappa shape index (κ1) is 27.1. The number of allylic oxidation sites excluding steroid dienone is 3. The van der Waals surface area contributed by atoms with E-state index in [0.29, 0.717) is 12.0 Å². The Balaban J connectivity index is 1.43. The minimum Gasteiger partial charge on any atom is -0.504 e. The first-order valence-electron chi connectivity index (χ1n) is 12.9. The van der Waals surface area contributed by atoms with Crippen LogP contribution < -0.4 is 4.74 Å². The number of carbonyl (C=O) groups excluding carboxylic acids is 4. The fraction of sp³-hybridized carbons (Fsp3) is 0.379. The molecule has 2 aliphatic carbocycles. The minimum atomic E-state index is -1.82. The zero-order chi connectivity index (χ0) is 28.6. The molecule has 2 aliphatic heterocycles. The van der Waals surface area contributed by atoms with Crippen LogP contribution in [0.3, 0.4) is 0 Å². The van der Waals surface area contributed by atoms with Gasteiger partial charge in [-0.25, -0.2) is 0 Å². The van der Waals surface area contributed by atoms with Crippen molar-refractivity contribution in [2.45, 2.75) is 29.1 Å². The Hall–Kier alpha value is -3.14. The summed E-state index contributed by atoms with van der Waals surface area (Å²) >= 11 is 15.7. The van der Waals surface area contributed by atoms with Crippen LogP contribution in [-0.2, 0) is 25.7 Å². The molecule has 2 saturated heterocycles. The Bertz CT molecular complexity index is 1510. The monoisotopic (exact) mass is 600 g/mol. The third kappa shape index (κ3) is 3.63. The van der Waals surface area contributed by atoms with Crippen molar-refractivity contribution in [3.8, 4) is 11.5 Å². The van der Waals surface area contributed by atoms with Crippen molar-refractivity contribution in [1.29, 1.82) is 0 Å². The van der Waals surface area contributed by atoms with E-state index >= 15 is 0 Å². The number of halogens is 2. The molecule has 0 spiro atoms.